The number of Topliss-reactive ketones (excluding diaryl/α,β-unsaturated/α-hetero) is 1. The molecule has 11 heteroatoms. The minimum atomic E-state index is -4.66. The lowest BCUT2D eigenvalue weighted by Crippen LogP contribution is -2.12. The third-order valence-electron chi connectivity index (χ3n) is 5.93. The summed E-state index contributed by atoms with van der Waals surface area (Å²) >= 11 is 5.67. The first-order valence-corrected chi connectivity index (χ1v) is 11.9. The number of ketones is 1. The van der Waals surface area contributed by atoms with E-state index in [-0.39, 0.29) is 30.3 Å². The smallest absolute Gasteiger partial charge is 0.396 e. The summed E-state index contributed by atoms with van der Waals surface area (Å²) in [5.41, 5.74) is 7.84. The standard InChI is InChI=1S/C27H23ClF3N5O2/c1-15(13-37)12-36-26-24(25(32)33-14-34-26)22(35-36)8-6-18-9-17(4-3-16(18)2)10-23(38)19-5-7-21(28)20(11-19)27(29,30)31/h3-5,7,9,11,14-15,37H,10,12-13H2,1-2H3,(H2,32,33,34)/t15-/m1/s1. The number of anilines is 1. The number of carbonyl (C=O) groups excluding carboxylic acids is 1. The van der Waals surface area contributed by atoms with E-state index < -0.39 is 22.5 Å². The summed E-state index contributed by atoms with van der Waals surface area (Å²) in [7, 11) is 0. The maximum Gasteiger partial charge on any atom is 0.417 e. The van der Waals surface area contributed by atoms with Gasteiger partial charge in [0.05, 0.1) is 16.0 Å². The summed E-state index contributed by atoms with van der Waals surface area (Å²) in [6.07, 6.45) is -3.45. The average molecular weight is 542 g/mol. The lowest BCUT2D eigenvalue weighted by Gasteiger charge is -2.11. The fourth-order valence-corrected chi connectivity index (χ4v) is 4.07. The highest BCUT2D eigenvalue weighted by Gasteiger charge is 2.33. The van der Waals surface area contributed by atoms with Gasteiger partial charge in [0.1, 0.15) is 17.8 Å². The van der Waals surface area contributed by atoms with Crippen molar-refractivity contribution < 1.29 is 23.1 Å². The van der Waals surface area contributed by atoms with Gasteiger partial charge in [-0.05, 0) is 54.2 Å². The second-order valence-electron chi connectivity index (χ2n) is 8.97. The van der Waals surface area contributed by atoms with Crippen molar-refractivity contribution in [2.45, 2.75) is 33.0 Å². The molecule has 2 aromatic carbocycles. The molecule has 0 saturated heterocycles. The molecule has 0 unspecified atom stereocenters. The monoisotopic (exact) mass is 541 g/mol. The summed E-state index contributed by atoms with van der Waals surface area (Å²) < 4.78 is 41.2. The van der Waals surface area contributed by atoms with Gasteiger partial charge in [-0.3, -0.25) is 4.79 Å². The number of nitrogens with two attached hydrogens (primary N) is 1. The summed E-state index contributed by atoms with van der Waals surface area (Å²) in [6.45, 7) is 4.10. The van der Waals surface area contributed by atoms with Crippen LogP contribution in [0.4, 0.5) is 19.0 Å². The molecule has 7 nitrogen and oxygen atoms in total. The number of aliphatic hydroxyl groups is 1. The summed E-state index contributed by atoms with van der Waals surface area (Å²) in [5.74, 6) is 5.73. The Bertz CT molecular complexity index is 1590. The van der Waals surface area contributed by atoms with E-state index in [1.807, 2.05) is 13.8 Å². The van der Waals surface area contributed by atoms with Crippen LogP contribution < -0.4 is 5.73 Å². The molecule has 0 radical (unpaired) electrons. The fraction of sp³-hybridized carbons (Fsp3) is 0.259. The highest BCUT2D eigenvalue weighted by Crippen LogP contribution is 2.35. The van der Waals surface area contributed by atoms with Gasteiger partial charge in [-0.15, -0.1) is 0 Å². The minimum Gasteiger partial charge on any atom is -0.396 e. The highest BCUT2D eigenvalue weighted by molar-refractivity contribution is 6.31. The van der Waals surface area contributed by atoms with Crippen LogP contribution in [-0.2, 0) is 19.1 Å². The zero-order valence-electron chi connectivity index (χ0n) is 20.5. The number of hydrogen-bond donors (Lipinski definition) is 2. The first kappa shape index (κ1) is 27.1. The molecular formula is C27H23ClF3N5O2. The van der Waals surface area contributed by atoms with E-state index in [0.717, 1.165) is 17.7 Å². The Morgan fingerprint density at radius 3 is 2.66 bits per heavy atom. The predicted octanol–water partition coefficient (Wildman–Crippen LogP) is 4.84. The molecule has 4 aromatic rings. The summed E-state index contributed by atoms with van der Waals surface area (Å²) in [4.78, 5) is 21.1. The Labute approximate surface area is 221 Å². The van der Waals surface area contributed by atoms with Crippen LogP contribution in [0.25, 0.3) is 11.0 Å². The van der Waals surface area contributed by atoms with Crippen molar-refractivity contribution in [3.05, 3.63) is 81.3 Å². The van der Waals surface area contributed by atoms with Crippen molar-refractivity contribution in [1.29, 1.82) is 0 Å². The van der Waals surface area contributed by atoms with Crippen LogP contribution in [-0.4, -0.2) is 37.2 Å². The molecule has 0 saturated carbocycles. The van der Waals surface area contributed by atoms with Crippen LogP contribution in [0.15, 0.2) is 42.7 Å². The zero-order valence-corrected chi connectivity index (χ0v) is 21.2. The van der Waals surface area contributed by atoms with Crippen molar-refractivity contribution in [1.82, 2.24) is 19.7 Å². The quantitative estimate of drug-likeness (QED) is 0.267. The number of hydrogen-bond acceptors (Lipinski definition) is 6. The highest BCUT2D eigenvalue weighted by atomic mass is 35.5. The minimum absolute atomic E-state index is 0.0266. The van der Waals surface area contributed by atoms with Crippen molar-refractivity contribution >= 4 is 34.2 Å². The number of alkyl halides is 3. The van der Waals surface area contributed by atoms with E-state index in [2.05, 4.69) is 26.9 Å². The van der Waals surface area contributed by atoms with Crippen LogP contribution in [0.5, 0.6) is 0 Å². The van der Waals surface area contributed by atoms with E-state index in [1.54, 1.807) is 22.9 Å². The van der Waals surface area contributed by atoms with Crippen LogP contribution in [0, 0.1) is 24.7 Å². The Morgan fingerprint density at radius 1 is 1.18 bits per heavy atom. The summed E-state index contributed by atoms with van der Waals surface area (Å²) in [6, 6.07) is 8.35. The second-order valence-corrected chi connectivity index (χ2v) is 9.37. The van der Waals surface area contributed by atoms with E-state index in [9.17, 15) is 23.1 Å². The van der Waals surface area contributed by atoms with Gasteiger partial charge in [-0.2, -0.15) is 18.3 Å². The lowest BCUT2D eigenvalue weighted by atomic mass is 9.98. The molecule has 38 heavy (non-hydrogen) atoms. The molecule has 1 atom stereocenters. The van der Waals surface area contributed by atoms with Gasteiger partial charge in [0.25, 0.3) is 0 Å². The van der Waals surface area contributed by atoms with Crippen LogP contribution >= 0.6 is 11.6 Å². The number of aromatic nitrogens is 4. The van der Waals surface area contributed by atoms with Crippen molar-refractivity contribution in [3.8, 4) is 11.8 Å². The SMILES string of the molecule is Cc1ccc(CC(=O)c2ccc(Cl)c(C(F)(F)F)c2)cc1C#Cc1nn(C[C@@H](C)CO)c2ncnc(N)c12. The molecule has 2 aromatic heterocycles. The van der Waals surface area contributed by atoms with Crippen molar-refractivity contribution in [2.75, 3.05) is 12.3 Å². The molecule has 2 heterocycles. The molecule has 3 N–H and O–H groups in total. The van der Waals surface area contributed by atoms with Gasteiger partial charge in [0, 0.05) is 30.7 Å². The molecule has 0 spiro atoms. The Balaban J connectivity index is 1.64. The van der Waals surface area contributed by atoms with Gasteiger partial charge in [0.15, 0.2) is 11.4 Å². The van der Waals surface area contributed by atoms with Gasteiger partial charge in [-0.25, -0.2) is 14.6 Å². The van der Waals surface area contributed by atoms with Gasteiger partial charge < -0.3 is 10.8 Å². The van der Waals surface area contributed by atoms with Crippen LogP contribution in [0.2, 0.25) is 5.02 Å². The number of nitrogen functional groups attached to an aromatic ring is 1. The molecule has 0 aliphatic heterocycles. The number of aliphatic hydroxyl groups excluding tert-OH is 1. The number of benzene rings is 2. The second kappa shape index (κ2) is 10.8. The predicted molar refractivity (Wildman–Crippen MR) is 138 cm³/mol. The Kier molecular flexibility index (Phi) is 7.71. The third-order valence-corrected chi connectivity index (χ3v) is 6.26. The van der Waals surface area contributed by atoms with Crippen molar-refractivity contribution in [3.63, 3.8) is 0 Å². The van der Waals surface area contributed by atoms with E-state index in [4.69, 9.17) is 17.3 Å². The number of aryl methyl sites for hydroxylation is 1. The molecule has 4 rings (SSSR count). The number of rotatable bonds is 6. The van der Waals surface area contributed by atoms with Crippen molar-refractivity contribution in [2.24, 2.45) is 5.92 Å². The van der Waals surface area contributed by atoms with Crippen LogP contribution in [0.3, 0.4) is 0 Å². The van der Waals surface area contributed by atoms with Gasteiger partial charge in [-0.1, -0.05) is 36.6 Å². The largest absolute Gasteiger partial charge is 0.417 e. The average Bonchev–Trinajstić information content (AvgIpc) is 3.22. The maximum atomic E-state index is 13.2. The molecule has 0 aliphatic carbocycles. The van der Waals surface area contributed by atoms with E-state index in [0.29, 0.717) is 34.4 Å². The molecule has 196 valence electrons. The summed E-state index contributed by atoms with van der Waals surface area (Å²) in [5, 5.41) is 14.0. The van der Waals surface area contributed by atoms with Crippen LogP contribution in [0.1, 0.15) is 45.2 Å². The third kappa shape index (κ3) is 5.79. The Morgan fingerprint density at radius 2 is 1.95 bits per heavy atom. The van der Waals surface area contributed by atoms with Gasteiger partial charge in [0.2, 0.25) is 0 Å². The van der Waals surface area contributed by atoms with E-state index >= 15 is 0 Å². The number of fused-ring (bicyclic) bond motifs is 1. The topological polar surface area (TPSA) is 107 Å². The lowest BCUT2D eigenvalue weighted by molar-refractivity contribution is -0.137. The molecule has 0 fully saturated rings. The fourth-order valence-electron chi connectivity index (χ4n) is 3.84. The molecule has 0 amide bonds. The number of halogens is 4. The normalized spacial score (nSPS) is 12.3. The maximum absolute atomic E-state index is 13.2. The van der Waals surface area contributed by atoms with Gasteiger partial charge >= 0.3 is 6.18 Å². The van der Waals surface area contributed by atoms with E-state index in [1.165, 1.54) is 12.4 Å². The number of nitrogens with zero attached hydrogens (tertiary/aromatic N) is 4. The first-order chi connectivity index (χ1) is 18.0. The Hall–Kier alpha value is -3.94. The molecular weight excluding hydrogens is 519 g/mol. The first-order valence-electron chi connectivity index (χ1n) is 11.6. The molecule has 0 bridgehead atoms. The zero-order chi connectivity index (χ0) is 27.6. The number of carbonyl (C=O) groups is 1. The molecule has 0 aliphatic rings.